The Bertz CT molecular complexity index is 734. The van der Waals surface area contributed by atoms with Gasteiger partial charge in [0.25, 0.3) is 0 Å². The SMILES string of the molecule is Cc1cc(C#N)cc(N2CCC(C3CCN(C(=O)OC(C)(C)C)CC3)CC2)n1. The molecule has 0 atom stereocenters. The van der Waals surface area contributed by atoms with Crippen LogP contribution in [0.4, 0.5) is 10.6 Å². The Morgan fingerprint density at radius 1 is 1.11 bits per heavy atom. The number of anilines is 1. The van der Waals surface area contributed by atoms with Crippen LogP contribution in [0.2, 0.25) is 0 Å². The molecule has 6 heteroatoms. The quantitative estimate of drug-likeness (QED) is 0.767. The fourth-order valence-electron chi connectivity index (χ4n) is 4.36. The van der Waals surface area contributed by atoms with E-state index < -0.39 is 5.60 Å². The van der Waals surface area contributed by atoms with E-state index in [4.69, 9.17) is 4.74 Å². The van der Waals surface area contributed by atoms with Crippen molar-refractivity contribution in [2.75, 3.05) is 31.1 Å². The van der Waals surface area contributed by atoms with Crippen LogP contribution in [0.3, 0.4) is 0 Å². The summed E-state index contributed by atoms with van der Waals surface area (Å²) in [6.07, 6.45) is 4.24. The van der Waals surface area contributed by atoms with Gasteiger partial charge < -0.3 is 14.5 Å². The highest BCUT2D eigenvalue weighted by molar-refractivity contribution is 5.68. The number of carbonyl (C=O) groups is 1. The van der Waals surface area contributed by atoms with Crippen molar-refractivity contribution in [2.45, 2.75) is 59.0 Å². The van der Waals surface area contributed by atoms with Crippen molar-refractivity contribution in [2.24, 2.45) is 11.8 Å². The van der Waals surface area contributed by atoms with Crippen molar-refractivity contribution in [3.8, 4) is 6.07 Å². The molecule has 2 aliphatic heterocycles. The molecule has 2 aliphatic rings. The van der Waals surface area contributed by atoms with Crippen molar-refractivity contribution in [3.05, 3.63) is 23.4 Å². The van der Waals surface area contributed by atoms with E-state index in [1.54, 1.807) is 0 Å². The summed E-state index contributed by atoms with van der Waals surface area (Å²) < 4.78 is 5.50. The largest absolute Gasteiger partial charge is 0.444 e. The number of nitrogens with zero attached hydrogens (tertiary/aromatic N) is 4. The molecular weight excluding hydrogens is 352 g/mol. The first-order valence-electron chi connectivity index (χ1n) is 10.4. The predicted molar refractivity (Wildman–Crippen MR) is 109 cm³/mol. The number of ether oxygens (including phenoxy) is 1. The van der Waals surface area contributed by atoms with Gasteiger partial charge in [-0.2, -0.15) is 5.26 Å². The maximum atomic E-state index is 12.2. The van der Waals surface area contributed by atoms with Crippen LogP contribution >= 0.6 is 0 Å². The average Bonchev–Trinajstić information content (AvgIpc) is 2.66. The van der Waals surface area contributed by atoms with Crippen molar-refractivity contribution in [1.29, 1.82) is 5.26 Å². The number of nitriles is 1. The van der Waals surface area contributed by atoms with Gasteiger partial charge in [-0.05, 0) is 77.3 Å². The van der Waals surface area contributed by atoms with Gasteiger partial charge in [0.1, 0.15) is 11.4 Å². The van der Waals surface area contributed by atoms with Crippen LogP contribution in [0.25, 0.3) is 0 Å². The second-order valence-electron chi connectivity index (χ2n) is 9.10. The standard InChI is InChI=1S/C22H32N4O2/c1-16-13-17(15-23)14-20(24-16)25-9-5-18(6-10-25)19-7-11-26(12-8-19)21(27)28-22(2,3)4/h13-14,18-19H,5-12H2,1-4H3. The van der Waals surface area contributed by atoms with Crippen LogP contribution in [0.1, 0.15) is 57.7 Å². The maximum absolute atomic E-state index is 12.2. The lowest BCUT2D eigenvalue weighted by molar-refractivity contribution is 0.0152. The molecule has 3 heterocycles. The topological polar surface area (TPSA) is 69.5 Å². The number of piperidine rings is 2. The lowest BCUT2D eigenvalue weighted by atomic mass is 9.79. The van der Waals surface area contributed by atoms with Crippen LogP contribution in [0, 0.1) is 30.1 Å². The molecule has 1 aromatic rings. The van der Waals surface area contributed by atoms with Gasteiger partial charge in [0, 0.05) is 31.9 Å². The van der Waals surface area contributed by atoms with Gasteiger partial charge in [0.05, 0.1) is 11.6 Å². The number of carbonyl (C=O) groups excluding carboxylic acids is 1. The maximum Gasteiger partial charge on any atom is 0.410 e. The first-order chi connectivity index (χ1) is 13.2. The third-order valence-electron chi connectivity index (χ3n) is 5.79. The van der Waals surface area contributed by atoms with Gasteiger partial charge in [-0.15, -0.1) is 0 Å². The van der Waals surface area contributed by atoms with Crippen molar-refractivity contribution in [1.82, 2.24) is 9.88 Å². The number of hydrogen-bond donors (Lipinski definition) is 0. The molecule has 0 aliphatic carbocycles. The molecule has 28 heavy (non-hydrogen) atoms. The third kappa shape index (κ3) is 5.15. The highest BCUT2D eigenvalue weighted by Gasteiger charge is 2.32. The van der Waals surface area contributed by atoms with Crippen LogP contribution in [0.15, 0.2) is 12.1 Å². The van der Waals surface area contributed by atoms with E-state index in [2.05, 4.69) is 16.0 Å². The fraction of sp³-hybridized carbons (Fsp3) is 0.682. The summed E-state index contributed by atoms with van der Waals surface area (Å²) in [7, 11) is 0. The molecule has 2 saturated heterocycles. The zero-order chi connectivity index (χ0) is 20.3. The minimum absolute atomic E-state index is 0.181. The molecule has 0 unspecified atom stereocenters. The summed E-state index contributed by atoms with van der Waals surface area (Å²) in [6.45, 7) is 11.2. The first kappa shape index (κ1) is 20.4. The lowest BCUT2D eigenvalue weighted by Crippen LogP contribution is -2.44. The molecular formula is C22H32N4O2. The van der Waals surface area contributed by atoms with Crippen LogP contribution in [0.5, 0.6) is 0 Å². The highest BCUT2D eigenvalue weighted by Crippen LogP contribution is 2.34. The number of rotatable bonds is 2. The molecule has 1 aromatic heterocycles. The van der Waals surface area contributed by atoms with Crippen LogP contribution in [-0.2, 0) is 4.74 Å². The Morgan fingerprint density at radius 2 is 1.68 bits per heavy atom. The second kappa shape index (κ2) is 8.38. The van der Waals surface area contributed by atoms with E-state index in [0.717, 1.165) is 63.4 Å². The number of aryl methyl sites for hydroxylation is 1. The molecule has 1 amide bonds. The Kier molecular flexibility index (Phi) is 6.12. The molecule has 0 bridgehead atoms. The number of aromatic nitrogens is 1. The van der Waals surface area contributed by atoms with Crippen molar-refractivity contribution >= 4 is 11.9 Å². The van der Waals surface area contributed by atoms with Crippen LogP contribution in [-0.4, -0.2) is 47.8 Å². The van der Waals surface area contributed by atoms with Crippen molar-refractivity contribution < 1.29 is 9.53 Å². The summed E-state index contributed by atoms with van der Waals surface area (Å²) in [5.74, 6) is 2.31. The molecule has 0 aromatic carbocycles. The van der Waals surface area contributed by atoms with E-state index in [9.17, 15) is 10.1 Å². The summed E-state index contributed by atoms with van der Waals surface area (Å²) in [4.78, 5) is 21.0. The summed E-state index contributed by atoms with van der Waals surface area (Å²) in [5, 5.41) is 9.19. The summed E-state index contributed by atoms with van der Waals surface area (Å²) in [5.41, 5.74) is 1.14. The molecule has 0 N–H and O–H groups in total. The molecule has 6 nitrogen and oxygen atoms in total. The molecule has 2 fully saturated rings. The van der Waals surface area contributed by atoms with E-state index >= 15 is 0 Å². The van der Waals surface area contributed by atoms with Gasteiger partial charge in [-0.3, -0.25) is 0 Å². The number of amides is 1. The fourth-order valence-corrected chi connectivity index (χ4v) is 4.36. The van der Waals surface area contributed by atoms with Gasteiger partial charge in [-0.1, -0.05) is 0 Å². The van der Waals surface area contributed by atoms with E-state index in [1.165, 1.54) is 0 Å². The normalized spacial score (nSPS) is 19.4. The minimum Gasteiger partial charge on any atom is -0.444 e. The smallest absolute Gasteiger partial charge is 0.410 e. The molecule has 0 spiro atoms. The zero-order valence-corrected chi connectivity index (χ0v) is 17.6. The summed E-state index contributed by atoms with van der Waals surface area (Å²) >= 11 is 0. The Balaban J connectivity index is 1.49. The highest BCUT2D eigenvalue weighted by atomic mass is 16.6. The van der Waals surface area contributed by atoms with Crippen molar-refractivity contribution in [3.63, 3.8) is 0 Å². The predicted octanol–water partition coefficient (Wildman–Crippen LogP) is 4.13. The zero-order valence-electron chi connectivity index (χ0n) is 17.6. The molecule has 3 rings (SSSR count). The molecule has 0 radical (unpaired) electrons. The van der Waals surface area contributed by atoms with E-state index in [0.29, 0.717) is 17.4 Å². The Morgan fingerprint density at radius 3 is 2.21 bits per heavy atom. The van der Waals surface area contributed by atoms with E-state index in [-0.39, 0.29) is 6.09 Å². The third-order valence-corrected chi connectivity index (χ3v) is 5.79. The average molecular weight is 385 g/mol. The van der Waals surface area contributed by atoms with Gasteiger partial charge in [-0.25, -0.2) is 9.78 Å². The Hall–Kier alpha value is -2.29. The monoisotopic (exact) mass is 384 g/mol. The number of pyridine rings is 1. The summed E-state index contributed by atoms with van der Waals surface area (Å²) in [6, 6.07) is 5.95. The Labute approximate surface area is 168 Å². The molecule has 152 valence electrons. The second-order valence-corrected chi connectivity index (χ2v) is 9.10. The van der Waals surface area contributed by atoms with Gasteiger partial charge in [0.2, 0.25) is 0 Å². The van der Waals surface area contributed by atoms with E-state index in [1.807, 2.05) is 44.7 Å². The van der Waals surface area contributed by atoms with Gasteiger partial charge in [0.15, 0.2) is 0 Å². The number of likely N-dealkylation sites (tertiary alicyclic amines) is 1. The molecule has 0 saturated carbocycles. The lowest BCUT2D eigenvalue weighted by Gasteiger charge is -2.40. The number of hydrogen-bond acceptors (Lipinski definition) is 5. The van der Waals surface area contributed by atoms with Gasteiger partial charge >= 0.3 is 6.09 Å². The first-order valence-corrected chi connectivity index (χ1v) is 10.4. The minimum atomic E-state index is -0.435. The van der Waals surface area contributed by atoms with Crippen LogP contribution < -0.4 is 4.90 Å².